The van der Waals surface area contributed by atoms with Crippen LogP contribution in [0, 0.1) is 0 Å². The molecule has 5 rings (SSSR count). The highest BCUT2D eigenvalue weighted by Gasteiger charge is 2.16. The standard InChI is InChI=1S/C35H29ClN2O6S2/c36-28-13-15-29(16-14-28)46(42,43)19-5-7-25-11-17-32(44-22-34(39)40)30(21-25)38-35(41)27-10-4-6-24(20-27)12-18-33-37-31(23-45-33)26-8-2-1-3-9-26/h1-4,6,8-18,20-21,23H,5,7,19,22H2,(H,38,41)(H,39,40)/b18-12+. The van der Waals surface area contributed by atoms with Crippen molar-refractivity contribution in [3.8, 4) is 17.0 Å². The minimum absolute atomic E-state index is 0.0809. The Hall–Kier alpha value is -4.77. The summed E-state index contributed by atoms with van der Waals surface area (Å²) in [6.45, 7) is -0.593. The van der Waals surface area contributed by atoms with Crippen LogP contribution >= 0.6 is 22.9 Å². The highest BCUT2D eigenvalue weighted by molar-refractivity contribution is 7.91. The van der Waals surface area contributed by atoms with Crippen LogP contribution in [0.15, 0.2) is 107 Å². The van der Waals surface area contributed by atoms with Gasteiger partial charge in [-0.2, -0.15) is 0 Å². The number of carboxylic acids is 1. The van der Waals surface area contributed by atoms with Gasteiger partial charge in [-0.15, -0.1) is 11.3 Å². The molecule has 0 spiro atoms. The molecular weight excluding hydrogens is 644 g/mol. The molecule has 0 unspecified atom stereocenters. The topological polar surface area (TPSA) is 123 Å². The molecule has 0 atom stereocenters. The van der Waals surface area contributed by atoms with Crippen LogP contribution in [0.25, 0.3) is 23.4 Å². The number of carbonyl (C=O) groups is 2. The first-order chi connectivity index (χ1) is 22.2. The van der Waals surface area contributed by atoms with Gasteiger partial charge in [0, 0.05) is 21.5 Å². The van der Waals surface area contributed by atoms with Crippen LogP contribution in [-0.4, -0.2) is 42.7 Å². The monoisotopic (exact) mass is 672 g/mol. The van der Waals surface area contributed by atoms with E-state index in [9.17, 15) is 18.0 Å². The number of halogens is 1. The highest BCUT2D eigenvalue weighted by Crippen LogP contribution is 2.28. The van der Waals surface area contributed by atoms with Crippen molar-refractivity contribution in [2.75, 3.05) is 17.7 Å². The zero-order valence-corrected chi connectivity index (χ0v) is 26.8. The molecule has 0 fully saturated rings. The van der Waals surface area contributed by atoms with E-state index >= 15 is 0 Å². The van der Waals surface area contributed by atoms with E-state index in [1.807, 2.05) is 53.9 Å². The van der Waals surface area contributed by atoms with Crippen molar-refractivity contribution in [1.82, 2.24) is 4.98 Å². The number of carbonyl (C=O) groups excluding carboxylic acids is 1. The fraction of sp³-hybridized carbons (Fsp3) is 0.114. The van der Waals surface area contributed by atoms with Gasteiger partial charge in [-0.05, 0) is 78.6 Å². The molecule has 4 aromatic carbocycles. The summed E-state index contributed by atoms with van der Waals surface area (Å²) >= 11 is 7.40. The van der Waals surface area contributed by atoms with Gasteiger partial charge in [0.15, 0.2) is 16.4 Å². The van der Waals surface area contributed by atoms with Crippen LogP contribution in [0.5, 0.6) is 5.75 Å². The summed E-state index contributed by atoms with van der Waals surface area (Å²) in [4.78, 5) is 29.3. The largest absolute Gasteiger partial charge is 0.480 e. The first-order valence-electron chi connectivity index (χ1n) is 14.2. The number of benzene rings is 4. The van der Waals surface area contributed by atoms with Crippen molar-refractivity contribution >= 4 is 62.5 Å². The second kappa shape index (κ2) is 15.0. The number of carboxylic acid groups (broad SMARTS) is 1. The van der Waals surface area contributed by atoms with E-state index in [2.05, 4.69) is 10.3 Å². The molecule has 0 aliphatic heterocycles. The molecule has 8 nitrogen and oxygen atoms in total. The van der Waals surface area contributed by atoms with E-state index in [-0.39, 0.29) is 22.1 Å². The average Bonchev–Trinajstić information content (AvgIpc) is 3.53. The maximum Gasteiger partial charge on any atom is 0.341 e. The lowest BCUT2D eigenvalue weighted by molar-refractivity contribution is -0.139. The Labute approximate surface area is 275 Å². The summed E-state index contributed by atoms with van der Waals surface area (Å²) in [5.74, 6) is -1.48. The molecule has 0 bridgehead atoms. The maximum absolute atomic E-state index is 13.3. The van der Waals surface area contributed by atoms with Crippen molar-refractivity contribution < 1.29 is 27.9 Å². The lowest BCUT2D eigenvalue weighted by Gasteiger charge is -2.14. The second-order valence-electron chi connectivity index (χ2n) is 10.2. The number of nitrogens with one attached hydrogen (secondary N) is 1. The zero-order valence-electron chi connectivity index (χ0n) is 24.4. The number of aryl methyl sites for hydroxylation is 1. The van der Waals surface area contributed by atoms with Gasteiger partial charge in [-0.25, -0.2) is 18.2 Å². The third-order valence-electron chi connectivity index (χ3n) is 6.85. The molecule has 0 saturated heterocycles. The van der Waals surface area contributed by atoms with E-state index in [0.29, 0.717) is 23.4 Å². The molecular formula is C35H29ClN2O6S2. The van der Waals surface area contributed by atoms with Crippen LogP contribution in [0.1, 0.15) is 32.9 Å². The van der Waals surface area contributed by atoms with Gasteiger partial charge in [0.1, 0.15) is 10.8 Å². The lowest BCUT2D eigenvalue weighted by Crippen LogP contribution is -2.15. The van der Waals surface area contributed by atoms with Crippen LogP contribution < -0.4 is 10.1 Å². The Balaban J connectivity index is 1.27. The van der Waals surface area contributed by atoms with Crippen LogP contribution in [0.2, 0.25) is 5.02 Å². The zero-order chi connectivity index (χ0) is 32.5. The van der Waals surface area contributed by atoms with Gasteiger partial charge >= 0.3 is 5.97 Å². The maximum atomic E-state index is 13.3. The summed E-state index contributed by atoms with van der Waals surface area (Å²) in [7, 11) is -3.50. The highest BCUT2D eigenvalue weighted by atomic mass is 35.5. The normalized spacial score (nSPS) is 11.4. The first-order valence-corrected chi connectivity index (χ1v) is 17.1. The van der Waals surface area contributed by atoms with Crippen LogP contribution in [0.4, 0.5) is 5.69 Å². The predicted octanol–water partition coefficient (Wildman–Crippen LogP) is 7.76. The number of ether oxygens (including phenoxy) is 1. The molecule has 0 saturated carbocycles. The first kappa shape index (κ1) is 32.6. The van der Waals surface area contributed by atoms with E-state index in [4.69, 9.17) is 21.4 Å². The Morgan fingerprint density at radius 3 is 2.48 bits per heavy atom. The number of thiazole rings is 1. The SMILES string of the molecule is O=C(O)COc1ccc(CCCS(=O)(=O)c2ccc(Cl)cc2)cc1NC(=O)c1cccc(/C=C/c2nc(-c3ccccc3)cs2)c1. The van der Waals surface area contributed by atoms with Gasteiger partial charge in [0.05, 0.1) is 22.0 Å². The molecule has 5 aromatic rings. The number of hydrogen-bond acceptors (Lipinski definition) is 7. The molecule has 1 aromatic heterocycles. The minimum atomic E-state index is -3.50. The van der Waals surface area contributed by atoms with Crippen LogP contribution in [-0.2, 0) is 21.1 Å². The molecule has 0 aliphatic carbocycles. The van der Waals surface area contributed by atoms with E-state index < -0.39 is 28.3 Å². The average molecular weight is 673 g/mol. The van der Waals surface area contributed by atoms with Crippen molar-refractivity contribution in [2.45, 2.75) is 17.7 Å². The van der Waals surface area contributed by atoms with Crippen molar-refractivity contribution in [3.63, 3.8) is 0 Å². The number of nitrogens with zero attached hydrogens (tertiary/aromatic N) is 1. The Bertz CT molecular complexity index is 1970. The Kier molecular flexibility index (Phi) is 10.6. The number of aromatic nitrogens is 1. The van der Waals surface area contributed by atoms with Crippen molar-refractivity contribution in [2.24, 2.45) is 0 Å². The number of anilines is 1. The summed E-state index contributed by atoms with van der Waals surface area (Å²) in [5.41, 5.74) is 4.14. The van der Waals surface area contributed by atoms with Crippen LogP contribution in [0.3, 0.4) is 0 Å². The minimum Gasteiger partial charge on any atom is -0.480 e. The number of hydrogen-bond donors (Lipinski definition) is 2. The van der Waals surface area contributed by atoms with Gasteiger partial charge in [-0.1, -0.05) is 66.2 Å². The van der Waals surface area contributed by atoms with E-state index in [1.54, 1.807) is 36.4 Å². The third-order valence-corrected chi connectivity index (χ3v) is 9.73. The fourth-order valence-corrected chi connectivity index (χ4v) is 6.73. The van der Waals surface area contributed by atoms with Gasteiger partial charge < -0.3 is 15.2 Å². The molecule has 1 heterocycles. The molecule has 2 N–H and O–H groups in total. The summed E-state index contributed by atoms with van der Waals surface area (Å²) < 4.78 is 30.9. The van der Waals surface area contributed by atoms with Gasteiger partial charge in [0.25, 0.3) is 5.91 Å². The Morgan fingerprint density at radius 1 is 0.935 bits per heavy atom. The quantitative estimate of drug-likeness (QED) is 0.131. The summed E-state index contributed by atoms with van der Waals surface area (Å²) in [6, 6.07) is 27.9. The fourth-order valence-electron chi connectivity index (χ4n) is 4.57. The number of sulfone groups is 1. The predicted molar refractivity (Wildman–Crippen MR) is 182 cm³/mol. The number of amides is 1. The van der Waals surface area contributed by atoms with E-state index in [0.717, 1.165) is 27.4 Å². The Morgan fingerprint density at radius 2 is 1.72 bits per heavy atom. The molecule has 46 heavy (non-hydrogen) atoms. The van der Waals surface area contributed by atoms with Crippen molar-refractivity contribution in [1.29, 1.82) is 0 Å². The second-order valence-corrected chi connectivity index (χ2v) is 13.7. The molecule has 0 radical (unpaired) electrons. The van der Waals surface area contributed by atoms with E-state index in [1.165, 1.54) is 35.6 Å². The number of aliphatic carboxylic acids is 1. The van der Waals surface area contributed by atoms with Crippen molar-refractivity contribution in [3.05, 3.63) is 129 Å². The summed E-state index contributed by atoms with van der Waals surface area (Å²) in [5, 5.41) is 15.2. The third kappa shape index (κ3) is 8.91. The van der Waals surface area contributed by atoms with Gasteiger partial charge in [-0.3, -0.25) is 4.79 Å². The molecule has 11 heteroatoms. The molecule has 1 amide bonds. The smallest absolute Gasteiger partial charge is 0.341 e. The number of rotatable bonds is 13. The van der Waals surface area contributed by atoms with Gasteiger partial charge in [0.2, 0.25) is 0 Å². The lowest BCUT2D eigenvalue weighted by atomic mass is 10.1. The molecule has 0 aliphatic rings. The molecule has 234 valence electrons. The summed E-state index contributed by atoms with van der Waals surface area (Å²) in [6.07, 6.45) is 4.50.